The van der Waals surface area contributed by atoms with Crippen LogP contribution in [0, 0.1) is 5.92 Å². The molecule has 5 heteroatoms. The molecule has 0 saturated carbocycles. The lowest BCUT2D eigenvalue weighted by Crippen LogP contribution is -2.23. The third kappa shape index (κ3) is 6.16. The van der Waals surface area contributed by atoms with E-state index in [0.717, 1.165) is 6.42 Å². The van der Waals surface area contributed by atoms with Gasteiger partial charge in [0.05, 0.1) is 20.0 Å². The van der Waals surface area contributed by atoms with Crippen LogP contribution in [-0.2, 0) is 14.3 Å². The molecule has 122 valence electrons. The maximum absolute atomic E-state index is 11.7. The first kappa shape index (κ1) is 18.0. The zero-order valence-electron chi connectivity index (χ0n) is 13.6. The maximum atomic E-state index is 11.7. The predicted molar refractivity (Wildman–Crippen MR) is 82.9 cm³/mol. The number of hydrogen-bond donors (Lipinski definition) is 0. The van der Waals surface area contributed by atoms with Gasteiger partial charge in [-0.1, -0.05) is 26.8 Å². The average Bonchev–Trinajstić information content (AvgIpc) is 2.50. The predicted octanol–water partition coefficient (Wildman–Crippen LogP) is 3.36. The number of benzene rings is 1. The molecule has 0 aromatic heterocycles. The topological polar surface area (TPSA) is 61.8 Å². The first-order chi connectivity index (χ1) is 10.5. The second kappa shape index (κ2) is 9.07. The lowest BCUT2D eigenvalue weighted by molar-refractivity contribution is -0.153. The first-order valence-corrected chi connectivity index (χ1v) is 7.50. The fraction of sp³-hybridized carbons (Fsp3) is 0.529. The van der Waals surface area contributed by atoms with E-state index in [1.54, 1.807) is 24.3 Å². The molecule has 0 fully saturated rings. The van der Waals surface area contributed by atoms with E-state index in [1.165, 1.54) is 7.11 Å². The van der Waals surface area contributed by atoms with E-state index in [2.05, 4.69) is 0 Å². The molecule has 1 rings (SSSR count). The van der Waals surface area contributed by atoms with Crippen LogP contribution in [0.25, 0.3) is 0 Å². The van der Waals surface area contributed by atoms with Gasteiger partial charge in [-0.25, -0.2) is 0 Å². The van der Waals surface area contributed by atoms with E-state index in [0.29, 0.717) is 11.5 Å². The van der Waals surface area contributed by atoms with Crippen LogP contribution in [0.5, 0.6) is 11.5 Å². The molecule has 0 radical (unpaired) electrons. The number of hydrogen-bond acceptors (Lipinski definition) is 5. The molecule has 1 atom stereocenters. The van der Waals surface area contributed by atoms with Crippen molar-refractivity contribution in [2.75, 3.05) is 7.11 Å². The van der Waals surface area contributed by atoms with Crippen molar-refractivity contribution in [1.29, 1.82) is 0 Å². The smallest absolute Gasteiger partial charge is 0.311 e. The number of carbonyl (C=O) groups excluding carboxylic acids is 2. The van der Waals surface area contributed by atoms with Gasteiger partial charge in [-0.15, -0.1) is 0 Å². The highest BCUT2D eigenvalue weighted by atomic mass is 16.5. The highest BCUT2D eigenvalue weighted by molar-refractivity contribution is 5.79. The SMILES string of the molecule is CCC(OC(=O)CCC(=O)Oc1cccc(OC)c1)C(C)C. The van der Waals surface area contributed by atoms with Crippen molar-refractivity contribution in [3.8, 4) is 11.5 Å². The van der Waals surface area contributed by atoms with E-state index >= 15 is 0 Å². The summed E-state index contributed by atoms with van der Waals surface area (Å²) >= 11 is 0. The second-order valence-corrected chi connectivity index (χ2v) is 5.33. The number of ether oxygens (including phenoxy) is 3. The van der Waals surface area contributed by atoms with Gasteiger partial charge in [-0.3, -0.25) is 9.59 Å². The summed E-state index contributed by atoms with van der Waals surface area (Å²) in [6, 6.07) is 6.75. The highest BCUT2D eigenvalue weighted by Gasteiger charge is 2.17. The van der Waals surface area contributed by atoms with Crippen LogP contribution < -0.4 is 9.47 Å². The van der Waals surface area contributed by atoms with Crippen molar-refractivity contribution in [1.82, 2.24) is 0 Å². The third-order valence-electron chi connectivity index (χ3n) is 3.23. The molecule has 1 aromatic carbocycles. The summed E-state index contributed by atoms with van der Waals surface area (Å²) in [5, 5.41) is 0. The summed E-state index contributed by atoms with van der Waals surface area (Å²) in [5.74, 6) is 0.419. The molecule has 5 nitrogen and oxygen atoms in total. The summed E-state index contributed by atoms with van der Waals surface area (Å²) in [4.78, 5) is 23.5. The van der Waals surface area contributed by atoms with E-state index < -0.39 is 5.97 Å². The molecule has 0 aliphatic heterocycles. The van der Waals surface area contributed by atoms with E-state index in [1.807, 2.05) is 20.8 Å². The van der Waals surface area contributed by atoms with Gasteiger partial charge in [0.1, 0.15) is 17.6 Å². The molecule has 22 heavy (non-hydrogen) atoms. The first-order valence-electron chi connectivity index (χ1n) is 7.50. The van der Waals surface area contributed by atoms with E-state index in [4.69, 9.17) is 14.2 Å². The Morgan fingerprint density at radius 3 is 2.32 bits per heavy atom. The Bertz CT molecular complexity index is 496. The van der Waals surface area contributed by atoms with Crippen LogP contribution in [-0.4, -0.2) is 25.2 Å². The summed E-state index contributed by atoms with van der Waals surface area (Å²) in [6.45, 7) is 5.96. The highest BCUT2D eigenvalue weighted by Crippen LogP contribution is 2.19. The van der Waals surface area contributed by atoms with Gasteiger partial charge in [0, 0.05) is 6.07 Å². The quantitative estimate of drug-likeness (QED) is 0.544. The second-order valence-electron chi connectivity index (χ2n) is 5.33. The fourth-order valence-corrected chi connectivity index (χ4v) is 1.97. The Labute approximate surface area is 131 Å². The van der Waals surface area contributed by atoms with Crippen molar-refractivity contribution in [2.45, 2.75) is 46.1 Å². The van der Waals surface area contributed by atoms with Crippen molar-refractivity contribution >= 4 is 11.9 Å². The minimum Gasteiger partial charge on any atom is -0.497 e. The van der Waals surface area contributed by atoms with Crippen LogP contribution in [0.15, 0.2) is 24.3 Å². The minimum absolute atomic E-state index is 0.00935. The molecule has 1 aromatic rings. The molecule has 0 N–H and O–H groups in total. The standard InChI is InChI=1S/C17H24O5/c1-5-15(12(2)3)22-17(19)10-9-16(18)21-14-8-6-7-13(11-14)20-4/h6-8,11-12,15H,5,9-10H2,1-4H3. The van der Waals surface area contributed by atoms with Crippen LogP contribution in [0.3, 0.4) is 0 Å². The molecule has 0 amide bonds. The molecular weight excluding hydrogens is 284 g/mol. The Balaban J connectivity index is 2.40. The Morgan fingerprint density at radius 1 is 1.09 bits per heavy atom. The van der Waals surface area contributed by atoms with Gasteiger partial charge in [0.25, 0.3) is 0 Å². The summed E-state index contributed by atoms with van der Waals surface area (Å²) < 4.78 is 15.5. The number of carbonyl (C=O) groups is 2. The normalized spacial score (nSPS) is 11.9. The minimum atomic E-state index is -0.470. The molecule has 0 spiro atoms. The number of esters is 2. The zero-order chi connectivity index (χ0) is 16.5. The van der Waals surface area contributed by atoms with Gasteiger partial charge in [0.15, 0.2) is 0 Å². The molecule has 0 saturated heterocycles. The van der Waals surface area contributed by atoms with Crippen molar-refractivity contribution in [2.24, 2.45) is 5.92 Å². The van der Waals surface area contributed by atoms with Gasteiger partial charge in [0.2, 0.25) is 0 Å². The maximum Gasteiger partial charge on any atom is 0.311 e. The van der Waals surface area contributed by atoms with Crippen LogP contribution in [0.4, 0.5) is 0 Å². The monoisotopic (exact) mass is 308 g/mol. The Morgan fingerprint density at radius 2 is 1.73 bits per heavy atom. The van der Waals surface area contributed by atoms with E-state index in [-0.39, 0.29) is 30.8 Å². The molecule has 0 heterocycles. The number of methoxy groups -OCH3 is 1. The largest absolute Gasteiger partial charge is 0.497 e. The molecular formula is C17H24O5. The molecule has 0 bridgehead atoms. The summed E-state index contributed by atoms with van der Waals surface area (Å²) in [7, 11) is 1.54. The lowest BCUT2D eigenvalue weighted by atomic mass is 10.1. The molecule has 0 aliphatic carbocycles. The Hall–Kier alpha value is -2.04. The molecule has 0 aliphatic rings. The van der Waals surface area contributed by atoms with Crippen molar-refractivity contribution in [3.05, 3.63) is 24.3 Å². The van der Waals surface area contributed by atoms with Crippen LogP contribution in [0.1, 0.15) is 40.0 Å². The van der Waals surface area contributed by atoms with Gasteiger partial charge in [-0.05, 0) is 24.5 Å². The van der Waals surface area contributed by atoms with Gasteiger partial charge in [-0.2, -0.15) is 0 Å². The average molecular weight is 308 g/mol. The lowest BCUT2D eigenvalue weighted by Gasteiger charge is -2.19. The van der Waals surface area contributed by atoms with Crippen molar-refractivity contribution < 1.29 is 23.8 Å². The van der Waals surface area contributed by atoms with Crippen LogP contribution in [0.2, 0.25) is 0 Å². The Kier molecular flexibility index (Phi) is 7.43. The zero-order valence-corrected chi connectivity index (χ0v) is 13.6. The summed E-state index contributed by atoms with van der Waals surface area (Å²) in [6.07, 6.45) is 0.663. The van der Waals surface area contributed by atoms with Crippen LogP contribution >= 0.6 is 0 Å². The summed E-state index contributed by atoms with van der Waals surface area (Å²) in [5.41, 5.74) is 0. The van der Waals surface area contributed by atoms with Gasteiger partial charge < -0.3 is 14.2 Å². The number of rotatable bonds is 8. The third-order valence-corrected chi connectivity index (χ3v) is 3.23. The van der Waals surface area contributed by atoms with E-state index in [9.17, 15) is 9.59 Å². The fourth-order valence-electron chi connectivity index (χ4n) is 1.97. The van der Waals surface area contributed by atoms with Gasteiger partial charge >= 0.3 is 11.9 Å². The molecule has 1 unspecified atom stereocenters. The van der Waals surface area contributed by atoms with Crippen molar-refractivity contribution in [3.63, 3.8) is 0 Å².